The first kappa shape index (κ1) is 14.2. The fraction of sp³-hybridized carbons (Fsp3) is 0.0476. The van der Waals surface area contributed by atoms with Crippen molar-refractivity contribution in [2.24, 2.45) is 0 Å². The lowest BCUT2D eigenvalue weighted by Gasteiger charge is -2.06. The lowest BCUT2D eigenvalue weighted by Crippen LogP contribution is -1.96. The minimum Gasteiger partial charge on any atom is -0.303 e. The highest BCUT2D eigenvalue weighted by Crippen LogP contribution is 2.26. The highest BCUT2D eigenvalue weighted by Gasteiger charge is 2.14. The lowest BCUT2D eigenvalue weighted by molar-refractivity contribution is 1.03. The summed E-state index contributed by atoms with van der Waals surface area (Å²) >= 11 is 0. The van der Waals surface area contributed by atoms with Gasteiger partial charge in [-0.2, -0.15) is 5.26 Å². The van der Waals surface area contributed by atoms with Crippen LogP contribution in [0.5, 0.6) is 0 Å². The van der Waals surface area contributed by atoms with E-state index in [4.69, 9.17) is 10.2 Å². The van der Waals surface area contributed by atoms with Gasteiger partial charge in [-0.15, -0.1) is 0 Å². The molecule has 0 saturated heterocycles. The van der Waals surface area contributed by atoms with E-state index in [0.717, 1.165) is 29.0 Å². The molecule has 2 aromatic carbocycles. The van der Waals surface area contributed by atoms with Crippen LogP contribution >= 0.6 is 0 Å². The summed E-state index contributed by atoms with van der Waals surface area (Å²) in [5.74, 6) is 0. The van der Waals surface area contributed by atoms with Crippen molar-refractivity contribution in [2.75, 3.05) is 0 Å². The van der Waals surface area contributed by atoms with Crippen LogP contribution in [0, 0.1) is 11.3 Å². The van der Waals surface area contributed by atoms with Crippen molar-refractivity contribution < 1.29 is 0 Å². The zero-order valence-electron chi connectivity index (χ0n) is 13.1. The molecule has 0 atom stereocenters. The van der Waals surface area contributed by atoms with Gasteiger partial charge in [-0.05, 0) is 29.8 Å². The summed E-state index contributed by atoms with van der Waals surface area (Å²) in [6.07, 6.45) is 2.86. The van der Waals surface area contributed by atoms with Crippen LogP contribution in [0.2, 0.25) is 0 Å². The van der Waals surface area contributed by atoms with Gasteiger partial charge in [-0.3, -0.25) is 0 Å². The van der Waals surface area contributed by atoms with Gasteiger partial charge in [-0.25, -0.2) is 4.98 Å². The van der Waals surface area contributed by atoms with Crippen LogP contribution in [-0.2, 0) is 6.42 Å². The van der Waals surface area contributed by atoms with Gasteiger partial charge in [-0.1, -0.05) is 48.5 Å². The third-order valence-electron chi connectivity index (χ3n) is 4.13. The average molecular weight is 309 g/mol. The van der Waals surface area contributed by atoms with Gasteiger partial charge >= 0.3 is 0 Å². The van der Waals surface area contributed by atoms with E-state index in [1.807, 2.05) is 54.7 Å². The Kier molecular flexibility index (Phi) is 3.57. The second-order valence-corrected chi connectivity index (χ2v) is 5.69. The number of aromatic nitrogens is 2. The second-order valence-electron chi connectivity index (χ2n) is 5.69. The molecule has 4 rings (SSSR count). The average Bonchev–Trinajstić information content (AvgIpc) is 3.01. The monoisotopic (exact) mass is 309 g/mol. The number of hydrogen-bond acceptors (Lipinski definition) is 2. The zero-order chi connectivity index (χ0) is 16.4. The Morgan fingerprint density at radius 2 is 1.62 bits per heavy atom. The fourth-order valence-corrected chi connectivity index (χ4v) is 2.94. The van der Waals surface area contributed by atoms with Crippen molar-refractivity contribution in [3.63, 3.8) is 0 Å². The van der Waals surface area contributed by atoms with Crippen LogP contribution in [-0.4, -0.2) is 9.38 Å². The Hall–Kier alpha value is -3.38. The van der Waals surface area contributed by atoms with Crippen molar-refractivity contribution in [1.29, 1.82) is 5.26 Å². The first-order valence-corrected chi connectivity index (χ1v) is 7.85. The molecule has 3 nitrogen and oxygen atoms in total. The summed E-state index contributed by atoms with van der Waals surface area (Å²) in [4.78, 5) is 4.81. The fourth-order valence-electron chi connectivity index (χ4n) is 2.94. The Morgan fingerprint density at radius 3 is 2.38 bits per heavy atom. The lowest BCUT2D eigenvalue weighted by atomic mass is 10.0. The van der Waals surface area contributed by atoms with Crippen LogP contribution in [0.25, 0.3) is 16.9 Å². The Morgan fingerprint density at radius 1 is 0.875 bits per heavy atom. The molecule has 24 heavy (non-hydrogen) atoms. The highest BCUT2D eigenvalue weighted by molar-refractivity contribution is 5.67. The molecule has 0 aliphatic carbocycles. The molecule has 0 amide bonds. The summed E-state index contributed by atoms with van der Waals surface area (Å²) < 4.78 is 2.14. The molecule has 0 N–H and O–H groups in total. The van der Waals surface area contributed by atoms with E-state index < -0.39 is 0 Å². The zero-order valence-corrected chi connectivity index (χ0v) is 13.1. The normalized spacial score (nSPS) is 10.6. The number of hydrogen-bond donors (Lipinski definition) is 0. The predicted molar refractivity (Wildman–Crippen MR) is 94.6 cm³/mol. The van der Waals surface area contributed by atoms with Crippen molar-refractivity contribution >= 4 is 5.65 Å². The number of imidazole rings is 1. The highest BCUT2D eigenvalue weighted by atomic mass is 15.0. The first-order chi connectivity index (χ1) is 11.8. The topological polar surface area (TPSA) is 41.1 Å². The first-order valence-electron chi connectivity index (χ1n) is 7.85. The van der Waals surface area contributed by atoms with Gasteiger partial charge in [0.05, 0.1) is 23.0 Å². The van der Waals surface area contributed by atoms with E-state index in [-0.39, 0.29) is 0 Å². The molecule has 4 aromatic rings. The van der Waals surface area contributed by atoms with Crippen LogP contribution in [0.15, 0.2) is 79.0 Å². The van der Waals surface area contributed by atoms with E-state index >= 15 is 0 Å². The molecular weight excluding hydrogens is 294 g/mol. The third-order valence-corrected chi connectivity index (χ3v) is 4.13. The van der Waals surface area contributed by atoms with Crippen LogP contribution < -0.4 is 0 Å². The summed E-state index contributed by atoms with van der Waals surface area (Å²) in [5.41, 5.74) is 5.99. The molecule has 0 spiro atoms. The summed E-state index contributed by atoms with van der Waals surface area (Å²) in [6.45, 7) is 0. The molecule has 3 heteroatoms. The molecule has 2 aromatic heterocycles. The number of pyridine rings is 1. The van der Waals surface area contributed by atoms with E-state index in [2.05, 4.69) is 34.7 Å². The Bertz CT molecular complexity index is 1020. The molecule has 0 aliphatic rings. The number of rotatable bonds is 3. The SMILES string of the molecule is N#Cc1ccc(-c2nc3ccccn3c2Cc2ccccc2)cc1. The molecule has 0 aliphatic heterocycles. The van der Waals surface area contributed by atoms with Gasteiger partial charge in [0.15, 0.2) is 0 Å². The van der Waals surface area contributed by atoms with Crippen LogP contribution in [0.3, 0.4) is 0 Å². The molecular formula is C21H15N3. The predicted octanol–water partition coefficient (Wildman–Crippen LogP) is 4.46. The molecule has 0 radical (unpaired) electrons. The smallest absolute Gasteiger partial charge is 0.137 e. The van der Waals surface area contributed by atoms with Crippen molar-refractivity contribution in [1.82, 2.24) is 9.38 Å². The summed E-state index contributed by atoms with van der Waals surface area (Å²) in [6, 6.07) is 26.2. The van der Waals surface area contributed by atoms with Crippen LogP contribution in [0.4, 0.5) is 0 Å². The molecule has 0 fully saturated rings. The minimum absolute atomic E-state index is 0.659. The van der Waals surface area contributed by atoms with Gasteiger partial charge in [0, 0.05) is 18.2 Å². The maximum atomic E-state index is 8.99. The van der Waals surface area contributed by atoms with E-state index in [1.165, 1.54) is 5.56 Å². The number of benzene rings is 2. The van der Waals surface area contributed by atoms with Crippen molar-refractivity contribution in [3.05, 3.63) is 95.8 Å². The summed E-state index contributed by atoms with van der Waals surface area (Å²) in [7, 11) is 0. The molecule has 114 valence electrons. The minimum atomic E-state index is 0.659. The standard InChI is InChI=1S/C21H15N3/c22-15-17-9-11-18(12-10-17)21-19(14-16-6-2-1-3-7-16)24-13-5-4-8-20(24)23-21/h1-13H,14H2. The van der Waals surface area contributed by atoms with Crippen molar-refractivity contribution in [3.8, 4) is 17.3 Å². The number of fused-ring (bicyclic) bond motifs is 1. The van der Waals surface area contributed by atoms with Gasteiger partial charge in [0.1, 0.15) is 5.65 Å². The van der Waals surface area contributed by atoms with Gasteiger partial charge in [0.2, 0.25) is 0 Å². The maximum absolute atomic E-state index is 8.99. The van der Waals surface area contributed by atoms with E-state index in [1.54, 1.807) is 0 Å². The van der Waals surface area contributed by atoms with E-state index in [9.17, 15) is 0 Å². The van der Waals surface area contributed by atoms with Gasteiger partial charge < -0.3 is 4.40 Å². The number of nitriles is 1. The molecule has 2 heterocycles. The van der Waals surface area contributed by atoms with Crippen molar-refractivity contribution in [2.45, 2.75) is 6.42 Å². The third kappa shape index (κ3) is 2.55. The molecule has 0 unspecified atom stereocenters. The van der Waals surface area contributed by atoms with E-state index in [0.29, 0.717) is 5.56 Å². The Labute approximate surface area is 140 Å². The quantitative estimate of drug-likeness (QED) is 0.560. The maximum Gasteiger partial charge on any atom is 0.137 e. The second kappa shape index (κ2) is 6.02. The van der Waals surface area contributed by atoms with Crippen LogP contribution in [0.1, 0.15) is 16.8 Å². The molecule has 0 bridgehead atoms. The summed E-state index contributed by atoms with van der Waals surface area (Å²) in [5, 5.41) is 8.99. The van der Waals surface area contributed by atoms with Gasteiger partial charge in [0.25, 0.3) is 0 Å². The Balaban J connectivity index is 1.87. The number of nitrogens with zero attached hydrogens (tertiary/aromatic N) is 3. The molecule has 0 saturated carbocycles. The largest absolute Gasteiger partial charge is 0.303 e.